The van der Waals surface area contributed by atoms with E-state index in [1.165, 1.54) is 6.08 Å². The second kappa shape index (κ2) is 6.90. The number of hydrogen-bond donors (Lipinski definition) is 0. The molecule has 0 saturated carbocycles. The zero-order valence-corrected chi connectivity index (χ0v) is 14.1. The number of pyridine rings is 1. The van der Waals surface area contributed by atoms with E-state index in [0.29, 0.717) is 5.76 Å². The molecule has 0 bridgehead atoms. The lowest BCUT2D eigenvalue weighted by Crippen LogP contribution is -1.94. The Kier molecular flexibility index (Phi) is 5.16. The van der Waals surface area contributed by atoms with Crippen LogP contribution >= 0.6 is 28.3 Å². The molecule has 2 heterocycles. The molecule has 0 aliphatic heterocycles. The van der Waals surface area contributed by atoms with Crippen molar-refractivity contribution in [2.45, 2.75) is 6.92 Å². The van der Waals surface area contributed by atoms with E-state index in [4.69, 9.17) is 4.42 Å². The van der Waals surface area contributed by atoms with Crippen molar-refractivity contribution in [1.82, 2.24) is 4.98 Å². The van der Waals surface area contributed by atoms with E-state index in [1.807, 2.05) is 37.3 Å². The summed E-state index contributed by atoms with van der Waals surface area (Å²) in [6.07, 6.45) is 6.63. The summed E-state index contributed by atoms with van der Waals surface area (Å²) in [7, 11) is 0. The molecule has 2 aromatic heterocycles. The average molecular weight is 379 g/mol. The molecule has 5 heteroatoms. The summed E-state index contributed by atoms with van der Waals surface area (Å²) in [4.78, 5) is 16.3. The minimum atomic E-state index is -0.149. The molecule has 112 valence electrons. The van der Waals surface area contributed by atoms with Gasteiger partial charge in [0.05, 0.1) is 0 Å². The number of furan rings is 1. The number of halogens is 2. The van der Waals surface area contributed by atoms with E-state index >= 15 is 0 Å². The third kappa shape index (κ3) is 3.29. The Hall–Kier alpha value is -1.91. The Balaban J connectivity index is 0.00000176. The van der Waals surface area contributed by atoms with Crippen LogP contribution in [0.15, 0.2) is 57.7 Å². The van der Waals surface area contributed by atoms with E-state index in [1.54, 1.807) is 18.5 Å². The Morgan fingerprint density at radius 3 is 2.77 bits per heavy atom. The standard InChI is InChI=1S/C17H12BrNO2.ClH/c1-11-14-4-2-3-5-16(14)21-17(11)15(20)7-6-12-8-13(18)10-19-9-12;/h2-10H,1H3;1H/b7-6+;. The summed E-state index contributed by atoms with van der Waals surface area (Å²) in [5.74, 6) is 0.235. The maximum Gasteiger partial charge on any atom is 0.221 e. The lowest BCUT2D eigenvalue weighted by atomic mass is 10.1. The quantitative estimate of drug-likeness (QED) is 0.464. The van der Waals surface area contributed by atoms with Crippen LogP contribution in [0.1, 0.15) is 21.7 Å². The predicted molar refractivity (Wildman–Crippen MR) is 93.5 cm³/mol. The van der Waals surface area contributed by atoms with Gasteiger partial charge in [-0.05, 0) is 52.7 Å². The van der Waals surface area contributed by atoms with E-state index < -0.39 is 0 Å². The molecular weight excluding hydrogens is 366 g/mol. The number of fused-ring (bicyclic) bond motifs is 1. The summed E-state index contributed by atoms with van der Waals surface area (Å²) in [5.41, 5.74) is 2.45. The minimum Gasteiger partial charge on any atom is -0.452 e. The number of allylic oxidation sites excluding steroid dienone is 1. The second-order valence-electron chi connectivity index (χ2n) is 4.69. The molecule has 0 unspecified atom stereocenters. The van der Waals surface area contributed by atoms with Gasteiger partial charge in [-0.25, -0.2) is 0 Å². The number of nitrogens with zero attached hydrogens (tertiary/aromatic N) is 1. The summed E-state index contributed by atoms with van der Waals surface area (Å²) in [6, 6.07) is 9.53. The summed E-state index contributed by atoms with van der Waals surface area (Å²) < 4.78 is 6.52. The van der Waals surface area contributed by atoms with Crippen molar-refractivity contribution in [3.05, 3.63) is 70.2 Å². The SMILES string of the molecule is Cc1c(C(=O)/C=C/c2cncc(Br)c2)oc2ccccc12.Cl. The van der Waals surface area contributed by atoms with Crippen molar-refractivity contribution in [3.63, 3.8) is 0 Å². The third-order valence-electron chi connectivity index (χ3n) is 3.22. The zero-order chi connectivity index (χ0) is 14.8. The molecular formula is C17H13BrClNO2. The van der Waals surface area contributed by atoms with Crippen LogP contribution in [-0.2, 0) is 0 Å². The lowest BCUT2D eigenvalue weighted by Gasteiger charge is -1.94. The number of ketones is 1. The normalized spacial score (nSPS) is 10.8. The maximum absolute atomic E-state index is 12.3. The van der Waals surface area contributed by atoms with Crippen LogP contribution in [0.3, 0.4) is 0 Å². The first kappa shape index (κ1) is 16.5. The van der Waals surface area contributed by atoms with Crippen molar-refractivity contribution in [2.24, 2.45) is 0 Å². The van der Waals surface area contributed by atoms with Crippen LogP contribution in [-0.4, -0.2) is 10.8 Å². The van der Waals surface area contributed by atoms with E-state index in [9.17, 15) is 4.79 Å². The van der Waals surface area contributed by atoms with Gasteiger partial charge in [0.2, 0.25) is 5.78 Å². The fraction of sp³-hybridized carbons (Fsp3) is 0.0588. The molecule has 0 radical (unpaired) electrons. The number of rotatable bonds is 3. The van der Waals surface area contributed by atoms with Crippen LogP contribution in [0.5, 0.6) is 0 Å². The van der Waals surface area contributed by atoms with Gasteiger partial charge in [-0.1, -0.05) is 18.2 Å². The first-order valence-electron chi connectivity index (χ1n) is 6.46. The van der Waals surface area contributed by atoms with Crippen molar-refractivity contribution in [2.75, 3.05) is 0 Å². The fourth-order valence-corrected chi connectivity index (χ4v) is 2.56. The Morgan fingerprint density at radius 2 is 2.05 bits per heavy atom. The van der Waals surface area contributed by atoms with Crippen LogP contribution in [0.25, 0.3) is 17.0 Å². The molecule has 0 spiro atoms. The highest BCUT2D eigenvalue weighted by Gasteiger charge is 2.14. The molecule has 0 saturated heterocycles. The van der Waals surface area contributed by atoms with Gasteiger partial charge < -0.3 is 4.42 Å². The Morgan fingerprint density at radius 1 is 1.27 bits per heavy atom. The molecule has 3 aromatic rings. The van der Waals surface area contributed by atoms with Crippen LogP contribution in [0, 0.1) is 6.92 Å². The lowest BCUT2D eigenvalue weighted by molar-refractivity contribution is 0.102. The van der Waals surface area contributed by atoms with Crippen molar-refractivity contribution >= 4 is 51.2 Å². The van der Waals surface area contributed by atoms with Gasteiger partial charge in [-0.15, -0.1) is 12.4 Å². The number of benzene rings is 1. The van der Waals surface area contributed by atoms with E-state index in [-0.39, 0.29) is 18.2 Å². The smallest absolute Gasteiger partial charge is 0.221 e. The van der Waals surface area contributed by atoms with Crippen LogP contribution in [0.2, 0.25) is 0 Å². The molecule has 1 aromatic carbocycles. The zero-order valence-electron chi connectivity index (χ0n) is 11.7. The largest absolute Gasteiger partial charge is 0.452 e. The summed E-state index contributed by atoms with van der Waals surface area (Å²) >= 11 is 3.35. The Bertz CT molecular complexity index is 855. The van der Waals surface area contributed by atoms with Crippen molar-refractivity contribution < 1.29 is 9.21 Å². The molecule has 22 heavy (non-hydrogen) atoms. The fourth-order valence-electron chi connectivity index (χ4n) is 2.18. The van der Waals surface area contributed by atoms with Crippen molar-refractivity contribution in [1.29, 1.82) is 0 Å². The number of carbonyl (C=O) groups is 1. The van der Waals surface area contributed by atoms with Gasteiger partial charge in [0, 0.05) is 27.8 Å². The second-order valence-corrected chi connectivity index (χ2v) is 5.60. The van der Waals surface area contributed by atoms with Crippen molar-refractivity contribution in [3.8, 4) is 0 Å². The monoisotopic (exact) mass is 377 g/mol. The molecule has 0 amide bonds. The molecule has 0 aliphatic rings. The highest BCUT2D eigenvalue weighted by atomic mass is 79.9. The van der Waals surface area contributed by atoms with E-state index in [0.717, 1.165) is 26.6 Å². The minimum absolute atomic E-state index is 0. The maximum atomic E-state index is 12.3. The molecule has 0 fully saturated rings. The van der Waals surface area contributed by atoms with Gasteiger partial charge in [0.25, 0.3) is 0 Å². The average Bonchev–Trinajstić information content (AvgIpc) is 2.83. The number of aromatic nitrogens is 1. The molecule has 3 nitrogen and oxygen atoms in total. The first-order valence-corrected chi connectivity index (χ1v) is 7.25. The highest BCUT2D eigenvalue weighted by Crippen LogP contribution is 2.25. The van der Waals surface area contributed by atoms with Crippen LogP contribution < -0.4 is 0 Å². The van der Waals surface area contributed by atoms with Gasteiger partial charge >= 0.3 is 0 Å². The number of aryl methyl sites for hydroxylation is 1. The molecule has 3 rings (SSSR count). The summed E-state index contributed by atoms with van der Waals surface area (Å²) in [6.45, 7) is 1.90. The molecule has 0 aliphatic carbocycles. The first-order chi connectivity index (χ1) is 10.1. The molecule has 0 atom stereocenters. The Labute approximate surface area is 142 Å². The van der Waals surface area contributed by atoms with Crippen LogP contribution in [0.4, 0.5) is 0 Å². The van der Waals surface area contributed by atoms with Gasteiger partial charge in [0.1, 0.15) is 5.58 Å². The number of carbonyl (C=O) groups excluding carboxylic acids is 1. The number of hydrogen-bond acceptors (Lipinski definition) is 3. The predicted octanol–water partition coefficient (Wildman–Crippen LogP) is 5.22. The van der Waals surface area contributed by atoms with Gasteiger partial charge in [-0.3, -0.25) is 9.78 Å². The third-order valence-corrected chi connectivity index (χ3v) is 3.65. The summed E-state index contributed by atoms with van der Waals surface area (Å²) in [5, 5.41) is 0.971. The number of para-hydroxylation sites is 1. The molecule has 0 N–H and O–H groups in total. The van der Waals surface area contributed by atoms with Gasteiger partial charge in [0.15, 0.2) is 5.76 Å². The topological polar surface area (TPSA) is 43.1 Å². The highest BCUT2D eigenvalue weighted by molar-refractivity contribution is 9.10. The van der Waals surface area contributed by atoms with Gasteiger partial charge in [-0.2, -0.15) is 0 Å². The van der Waals surface area contributed by atoms with E-state index in [2.05, 4.69) is 20.9 Å².